The zero-order valence-corrected chi connectivity index (χ0v) is 12.5. The molecule has 2 aromatic carbocycles. The van der Waals surface area contributed by atoms with Gasteiger partial charge in [-0.25, -0.2) is 4.39 Å². The maximum Gasteiger partial charge on any atom is 0.200 e. The summed E-state index contributed by atoms with van der Waals surface area (Å²) >= 11 is 0. The van der Waals surface area contributed by atoms with Crippen LogP contribution in [0.2, 0.25) is 0 Å². The van der Waals surface area contributed by atoms with Gasteiger partial charge in [0.15, 0.2) is 12.4 Å². The third-order valence-corrected chi connectivity index (χ3v) is 3.40. The monoisotopic (exact) mass is 286 g/mol. The molecule has 110 valence electrons. The third kappa shape index (κ3) is 3.91. The fraction of sp³-hybridized carbons (Fsp3) is 0.278. The van der Waals surface area contributed by atoms with Crippen LogP contribution in [0, 0.1) is 12.7 Å². The Morgan fingerprint density at radius 3 is 2.43 bits per heavy atom. The van der Waals surface area contributed by atoms with Crippen molar-refractivity contribution in [3.8, 4) is 5.75 Å². The maximum atomic E-state index is 12.8. The number of ether oxygens (including phenoxy) is 1. The van der Waals surface area contributed by atoms with E-state index in [9.17, 15) is 9.18 Å². The number of carbonyl (C=O) groups is 1. The molecule has 0 fully saturated rings. The summed E-state index contributed by atoms with van der Waals surface area (Å²) in [5, 5.41) is 0. The average molecular weight is 286 g/mol. The molecule has 0 aliphatic heterocycles. The van der Waals surface area contributed by atoms with Crippen molar-refractivity contribution in [3.05, 3.63) is 65.0 Å². The summed E-state index contributed by atoms with van der Waals surface area (Å²) in [6.07, 6.45) is 0. The summed E-state index contributed by atoms with van der Waals surface area (Å²) in [7, 11) is 0. The third-order valence-electron chi connectivity index (χ3n) is 3.40. The molecule has 0 unspecified atom stereocenters. The van der Waals surface area contributed by atoms with Gasteiger partial charge in [-0.2, -0.15) is 0 Å². The van der Waals surface area contributed by atoms with E-state index in [0.29, 0.717) is 11.5 Å². The molecule has 0 saturated heterocycles. The summed E-state index contributed by atoms with van der Waals surface area (Å²) in [6.45, 7) is 6.12. The van der Waals surface area contributed by atoms with E-state index >= 15 is 0 Å². The first-order valence-corrected chi connectivity index (χ1v) is 6.99. The van der Waals surface area contributed by atoms with E-state index < -0.39 is 0 Å². The van der Waals surface area contributed by atoms with Crippen LogP contribution in [0.1, 0.15) is 41.3 Å². The maximum absolute atomic E-state index is 12.8. The normalized spacial score (nSPS) is 10.7. The van der Waals surface area contributed by atoms with Crippen molar-refractivity contribution in [1.29, 1.82) is 0 Å². The molecule has 0 saturated carbocycles. The predicted molar refractivity (Wildman–Crippen MR) is 81.5 cm³/mol. The Kier molecular flexibility index (Phi) is 4.73. The highest BCUT2D eigenvalue weighted by atomic mass is 19.1. The lowest BCUT2D eigenvalue weighted by atomic mass is 10.0. The summed E-state index contributed by atoms with van der Waals surface area (Å²) in [6, 6.07) is 11.5. The number of hydrogen-bond donors (Lipinski definition) is 0. The van der Waals surface area contributed by atoms with Gasteiger partial charge in [-0.1, -0.05) is 26.0 Å². The summed E-state index contributed by atoms with van der Waals surface area (Å²) in [5.41, 5.74) is 2.62. The van der Waals surface area contributed by atoms with Gasteiger partial charge < -0.3 is 4.74 Å². The fourth-order valence-corrected chi connectivity index (χ4v) is 1.99. The van der Waals surface area contributed by atoms with Crippen LogP contribution < -0.4 is 4.74 Å². The highest BCUT2D eigenvalue weighted by Gasteiger charge is 2.09. The van der Waals surface area contributed by atoms with E-state index in [1.54, 1.807) is 0 Å². The van der Waals surface area contributed by atoms with Crippen LogP contribution in [0.5, 0.6) is 5.75 Å². The molecule has 0 aromatic heterocycles. The van der Waals surface area contributed by atoms with Crippen LogP contribution in [0.25, 0.3) is 0 Å². The van der Waals surface area contributed by atoms with Crippen molar-refractivity contribution in [3.63, 3.8) is 0 Å². The zero-order chi connectivity index (χ0) is 15.4. The second kappa shape index (κ2) is 6.53. The van der Waals surface area contributed by atoms with Crippen LogP contribution >= 0.6 is 0 Å². The highest BCUT2D eigenvalue weighted by Crippen LogP contribution is 2.24. The molecule has 0 bridgehead atoms. The number of Topliss-reactive ketones (excluding diaryl/α,β-unsaturated/α-hetero) is 1. The second-order valence-corrected chi connectivity index (χ2v) is 5.40. The van der Waals surface area contributed by atoms with Crippen molar-refractivity contribution in [2.24, 2.45) is 0 Å². The Balaban J connectivity index is 2.07. The molecule has 2 nitrogen and oxygen atoms in total. The lowest BCUT2D eigenvalue weighted by Crippen LogP contribution is -2.12. The van der Waals surface area contributed by atoms with Gasteiger partial charge in [0.25, 0.3) is 0 Å². The quantitative estimate of drug-likeness (QED) is 0.755. The molecular weight excluding hydrogens is 267 g/mol. The smallest absolute Gasteiger partial charge is 0.200 e. The van der Waals surface area contributed by atoms with Crippen molar-refractivity contribution < 1.29 is 13.9 Å². The molecule has 0 heterocycles. The number of ketones is 1. The number of rotatable bonds is 5. The largest absolute Gasteiger partial charge is 0.485 e. The number of halogens is 1. The van der Waals surface area contributed by atoms with E-state index in [1.165, 1.54) is 29.8 Å². The number of aryl methyl sites for hydroxylation is 1. The topological polar surface area (TPSA) is 26.3 Å². The zero-order valence-electron chi connectivity index (χ0n) is 12.5. The molecule has 3 heteroatoms. The summed E-state index contributed by atoms with van der Waals surface area (Å²) < 4.78 is 18.5. The van der Waals surface area contributed by atoms with Crippen LogP contribution in [-0.4, -0.2) is 12.4 Å². The molecule has 0 N–H and O–H groups in total. The predicted octanol–water partition coefficient (Wildman–Crippen LogP) is 4.52. The van der Waals surface area contributed by atoms with Crippen molar-refractivity contribution in [2.75, 3.05) is 6.61 Å². The van der Waals surface area contributed by atoms with Gasteiger partial charge in [0.1, 0.15) is 11.6 Å². The first-order valence-electron chi connectivity index (χ1n) is 6.99. The molecule has 0 spiro atoms. The molecule has 0 aliphatic rings. The fourth-order valence-electron chi connectivity index (χ4n) is 1.99. The lowest BCUT2D eigenvalue weighted by molar-refractivity contribution is 0.0921. The van der Waals surface area contributed by atoms with Gasteiger partial charge in [0.2, 0.25) is 0 Å². The average Bonchev–Trinajstić information content (AvgIpc) is 2.46. The summed E-state index contributed by atoms with van der Waals surface area (Å²) in [5.74, 6) is 0.606. The standard InChI is InChI=1S/C18H19FO2/c1-12(2)15-5-4-13(3)18(10-15)21-11-17(20)14-6-8-16(19)9-7-14/h4-10,12H,11H2,1-3H3. The molecular formula is C18H19FO2. The molecule has 2 aromatic rings. The highest BCUT2D eigenvalue weighted by molar-refractivity contribution is 5.97. The van der Waals surface area contributed by atoms with Crippen LogP contribution in [-0.2, 0) is 0 Å². The first-order chi connectivity index (χ1) is 9.97. The minimum Gasteiger partial charge on any atom is -0.485 e. The Morgan fingerprint density at radius 2 is 1.81 bits per heavy atom. The Labute approximate surface area is 124 Å². The van der Waals surface area contributed by atoms with E-state index in [0.717, 1.165) is 11.3 Å². The second-order valence-electron chi connectivity index (χ2n) is 5.40. The number of hydrogen-bond acceptors (Lipinski definition) is 2. The van der Waals surface area contributed by atoms with Crippen LogP contribution in [0.3, 0.4) is 0 Å². The lowest BCUT2D eigenvalue weighted by Gasteiger charge is -2.12. The van der Waals surface area contributed by atoms with Crippen molar-refractivity contribution in [2.45, 2.75) is 26.7 Å². The van der Waals surface area contributed by atoms with Crippen LogP contribution in [0.4, 0.5) is 4.39 Å². The van der Waals surface area contributed by atoms with Crippen molar-refractivity contribution in [1.82, 2.24) is 0 Å². The van der Waals surface area contributed by atoms with Gasteiger partial charge in [-0.3, -0.25) is 4.79 Å². The van der Waals surface area contributed by atoms with Gasteiger partial charge in [-0.15, -0.1) is 0 Å². The Morgan fingerprint density at radius 1 is 1.14 bits per heavy atom. The van der Waals surface area contributed by atoms with Gasteiger partial charge in [-0.05, 0) is 54.3 Å². The molecule has 0 aliphatic carbocycles. The Bertz CT molecular complexity index is 630. The van der Waals surface area contributed by atoms with E-state index in [2.05, 4.69) is 19.9 Å². The van der Waals surface area contributed by atoms with Crippen molar-refractivity contribution >= 4 is 5.78 Å². The summed E-state index contributed by atoms with van der Waals surface area (Å²) in [4.78, 5) is 12.0. The minimum atomic E-state index is -0.354. The van der Waals surface area contributed by atoms with E-state index in [-0.39, 0.29) is 18.2 Å². The van der Waals surface area contributed by atoms with Gasteiger partial charge in [0, 0.05) is 5.56 Å². The molecule has 21 heavy (non-hydrogen) atoms. The van der Waals surface area contributed by atoms with Crippen LogP contribution in [0.15, 0.2) is 42.5 Å². The number of benzene rings is 2. The first kappa shape index (κ1) is 15.2. The van der Waals surface area contributed by atoms with E-state index in [1.807, 2.05) is 19.1 Å². The van der Waals surface area contributed by atoms with Gasteiger partial charge in [0.05, 0.1) is 0 Å². The minimum absolute atomic E-state index is 0.0476. The van der Waals surface area contributed by atoms with Gasteiger partial charge >= 0.3 is 0 Å². The molecule has 0 radical (unpaired) electrons. The molecule has 0 atom stereocenters. The number of carbonyl (C=O) groups excluding carboxylic acids is 1. The molecule has 2 rings (SSSR count). The van der Waals surface area contributed by atoms with E-state index in [4.69, 9.17) is 4.74 Å². The molecule has 0 amide bonds. The Hall–Kier alpha value is -2.16. The SMILES string of the molecule is Cc1ccc(C(C)C)cc1OCC(=O)c1ccc(F)cc1.